The zero-order valence-corrected chi connectivity index (χ0v) is 11.3. The van der Waals surface area contributed by atoms with E-state index in [1.54, 1.807) is 7.11 Å². The Balaban J connectivity index is 2.23. The summed E-state index contributed by atoms with van der Waals surface area (Å²) >= 11 is 0. The maximum Gasteiger partial charge on any atom is 0.124 e. The van der Waals surface area contributed by atoms with Gasteiger partial charge in [0.15, 0.2) is 0 Å². The summed E-state index contributed by atoms with van der Waals surface area (Å²) in [7, 11) is 1.70. The van der Waals surface area contributed by atoms with Crippen LogP contribution in [0.4, 0.5) is 0 Å². The predicted molar refractivity (Wildman–Crippen MR) is 73.7 cm³/mol. The van der Waals surface area contributed by atoms with E-state index in [1.807, 2.05) is 6.07 Å². The van der Waals surface area contributed by atoms with E-state index in [0.717, 1.165) is 43.9 Å². The SMILES string of the molecule is CCc1ccc(OC)c(C(N)N2CCNCC2)c1. The van der Waals surface area contributed by atoms with E-state index in [-0.39, 0.29) is 6.17 Å². The van der Waals surface area contributed by atoms with Crippen LogP contribution < -0.4 is 15.8 Å². The number of hydrogen-bond acceptors (Lipinski definition) is 4. The van der Waals surface area contributed by atoms with Crippen molar-refractivity contribution in [1.29, 1.82) is 0 Å². The number of hydrogen-bond donors (Lipinski definition) is 2. The number of ether oxygens (including phenoxy) is 1. The molecule has 1 aromatic rings. The monoisotopic (exact) mass is 249 g/mol. The Morgan fingerprint density at radius 2 is 2.11 bits per heavy atom. The molecule has 0 saturated carbocycles. The van der Waals surface area contributed by atoms with E-state index in [9.17, 15) is 0 Å². The molecule has 1 aliphatic rings. The molecule has 1 saturated heterocycles. The fourth-order valence-electron chi connectivity index (χ4n) is 2.39. The third kappa shape index (κ3) is 2.83. The summed E-state index contributed by atoms with van der Waals surface area (Å²) in [5.41, 5.74) is 8.79. The van der Waals surface area contributed by atoms with Gasteiger partial charge in [-0.25, -0.2) is 0 Å². The first-order chi connectivity index (χ1) is 8.76. The van der Waals surface area contributed by atoms with Crippen molar-refractivity contribution in [3.8, 4) is 5.75 Å². The standard InChI is InChI=1S/C14H23N3O/c1-3-11-4-5-13(18-2)12(10-11)14(15)17-8-6-16-7-9-17/h4-5,10,14,16H,3,6-9,15H2,1-2H3. The molecule has 1 heterocycles. The Morgan fingerprint density at radius 1 is 1.39 bits per heavy atom. The van der Waals surface area contributed by atoms with Crippen LogP contribution in [0.3, 0.4) is 0 Å². The zero-order valence-electron chi connectivity index (χ0n) is 11.3. The molecule has 1 fully saturated rings. The lowest BCUT2D eigenvalue weighted by Crippen LogP contribution is -2.47. The summed E-state index contributed by atoms with van der Waals surface area (Å²) in [4.78, 5) is 2.30. The van der Waals surface area contributed by atoms with E-state index < -0.39 is 0 Å². The van der Waals surface area contributed by atoms with E-state index in [1.165, 1.54) is 5.56 Å². The number of piperazine rings is 1. The maximum atomic E-state index is 6.39. The van der Waals surface area contributed by atoms with Gasteiger partial charge in [-0.1, -0.05) is 13.0 Å². The van der Waals surface area contributed by atoms with Crippen molar-refractivity contribution in [2.24, 2.45) is 5.73 Å². The minimum absolute atomic E-state index is 0.0754. The Labute approximate surface area is 109 Å². The number of nitrogens with zero attached hydrogens (tertiary/aromatic N) is 1. The summed E-state index contributed by atoms with van der Waals surface area (Å²) in [6.45, 7) is 6.14. The number of rotatable bonds is 4. The predicted octanol–water partition coefficient (Wildman–Crippen LogP) is 1.12. The molecule has 1 unspecified atom stereocenters. The average Bonchev–Trinajstić information content (AvgIpc) is 2.46. The number of aryl methyl sites for hydroxylation is 1. The molecule has 0 spiro atoms. The van der Waals surface area contributed by atoms with Gasteiger partial charge < -0.3 is 15.8 Å². The van der Waals surface area contributed by atoms with Crippen LogP contribution in [-0.2, 0) is 6.42 Å². The third-order valence-corrected chi connectivity index (χ3v) is 3.57. The van der Waals surface area contributed by atoms with Crippen LogP contribution in [0.25, 0.3) is 0 Å². The van der Waals surface area contributed by atoms with Crippen LogP contribution in [0.1, 0.15) is 24.2 Å². The molecular weight excluding hydrogens is 226 g/mol. The van der Waals surface area contributed by atoms with E-state index >= 15 is 0 Å². The third-order valence-electron chi connectivity index (χ3n) is 3.57. The molecule has 1 atom stereocenters. The molecule has 0 aromatic heterocycles. The van der Waals surface area contributed by atoms with Crippen molar-refractivity contribution in [2.75, 3.05) is 33.3 Å². The quantitative estimate of drug-likeness (QED) is 0.839. The highest BCUT2D eigenvalue weighted by Crippen LogP contribution is 2.27. The lowest BCUT2D eigenvalue weighted by atomic mass is 10.0. The first-order valence-electron chi connectivity index (χ1n) is 6.63. The largest absolute Gasteiger partial charge is 0.496 e. The van der Waals surface area contributed by atoms with Crippen LogP contribution in [0.15, 0.2) is 18.2 Å². The maximum absolute atomic E-state index is 6.39. The van der Waals surface area contributed by atoms with Crippen LogP contribution in [-0.4, -0.2) is 38.2 Å². The van der Waals surface area contributed by atoms with Crippen molar-refractivity contribution in [2.45, 2.75) is 19.5 Å². The summed E-state index contributed by atoms with van der Waals surface area (Å²) in [5.74, 6) is 0.887. The Morgan fingerprint density at radius 3 is 2.72 bits per heavy atom. The molecular formula is C14H23N3O. The van der Waals surface area contributed by atoms with E-state index in [0.29, 0.717) is 0 Å². The van der Waals surface area contributed by atoms with E-state index in [2.05, 4.69) is 29.3 Å². The van der Waals surface area contributed by atoms with Crippen LogP contribution in [0, 0.1) is 0 Å². The molecule has 4 heteroatoms. The zero-order chi connectivity index (χ0) is 13.0. The van der Waals surface area contributed by atoms with Gasteiger partial charge in [0.05, 0.1) is 13.3 Å². The molecule has 18 heavy (non-hydrogen) atoms. The molecule has 3 N–H and O–H groups in total. The number of methoxy groups -OCH3 is 1. The topological polar surface area (TPSA) is 50.5 Å². The molecule has 0 radical (unpaired) electrons. The summed E-state index contributed by atoms with van der Waals surface area (Å²) in [5, 5.41) is 3.34. The highest BCUT2D eigenvalue weighted by molar-refractivity contribution is 5.39. The summed E-state index contributed by atoms with van der Waals surface area (Å²) < 4.78 is 5.43. The average molecular weight is 249 g/mol. The van der Waals surface area contributed by atoms with Gasteiger partial charge in [0.1, 0.15) is 5.75 Å². The molecule has 4 nitrogen and oxygen atoms in total. The number of nitrogens with two attached hydrogens (primary N) is 1. The van der Waals surface area contributed by atoms with Gasteiger partial charge in [0.2, 0.25) is 0 Å². The van der Waals surface area contributed by atoms with Gasteiger partial charge >= 0.3 is 0 Å². The van der Waals surface area contributed by atoms with Gasteiger partial charge in [0, 0.05) is 31.7 Å². The second-order valence-corrected chi connectivity index (χ2v) is 4.66. The van der Waals surface area contributed by atoms with Gasteiger partial charge in [-0.3, -0.25) is 4.90 Å². The van der Waals surface area contributed by atoms with Crippen molar-refractivity contribution in [3.63, 3.8) is 0 Å². The minimum atomic E-state index is -0.0754. The van der Waals surface area contributed by atoms with E-state index in [4.69, 9.17) is 10.5 Å². The van der Waals surface area contributed by atoms with Crippen LogP contribution in [0.5, 0.6) is 5.75 Å². The van der Waals surface area contributed by atoms with Gasteiger partial charge in [-0.05, 0) is 24.1 Å². The fourth-order valence-corrected chi connectivity index (χ4v) is 2.39. The van der Waals surface area contributed by atoms with Gasteiger partial charge in [-0.2, -0.15) is 0 Å². The van der Waals surface area contributed by atoms with Crippen molar-refractivity contribution in [3.05, 3.63) is 29.3 Å². The lowest BCUT2D eigenvalue weighted by Gasteiger charge is -2.33. The molecule has 1 aromatic carbocycles. The Kier molecular flexibility index (Phi) is 4.58. The highest BCUT2D eigenvalue weighted by Gasteiger charge is 2.21. The molecule has 0 bridgehead atoms. The second-order valence-electron chi connectivity index (χ2n) is 4.66. The summed E-state index contributed by atoms with van der Waals surface area (Å²) in [6, 6.07) is 6.30. The van der Waals surface area contributed by atoms with Crippen LogP contribution in [0.2, 0.25) is 0 Å². The molecule has 1 aliphatic heterocycles. The number of nitrogens with one attached hydrogen (secondary N) is 1. The number of benzene rings is 1. The second kappa shape index (κ2) is 6.18. The fraction of sp³-hybridized carbons (Fsp3) is 0.571. The highest BCUT2D eigenvalue weighted by atomic mass is 16.5. The molecule has 100 valence electrons. The first kappa shape index (κ1) is 13.3. The smallest absolute Gasteiger partial charge is 0.124 e. The first-order valence-corrected chi connectivity index (χ1v) is 6.63. The van der Waals surface area contributed by atoms with Crippen LogP contribution >= 0.6 is 0 Å². The van der Waals surface area contributed by atoms with Crippen molar-refractivity contribution >= 4 is 0 Å². The normalized spacial score (nSPS) is 18.6. The molecule has 0 amide bonds. The Hall–Kier alpha value is -1.10. The summed E-state index contributed by atoms with van der Waals surface area (Å²) in [6.07, 6.45) is 0.944. The molecule has 0 aliphatic carbocycles. The van der Waals surface area contributed by atoms with Crippen molar-refractivity contribution in [1.82, 2.24) is 10.2 Å². The Bertz CT molecular complexity index is 389. The minimum Gasteiger partial charge on any atom is -0.496 e. The van der Waals surface area contributed by atoms with Gasteiger partial charge in [0.25, 0.3) is 0 Å². The lowest BCUT2D eigenvalue weighted by molar-refractivity contribution is 0.174. The van der Waals surface area contributed by atoms with Gasteiger partial charge in [-0.15, -0.1) is 0 Å². The molecule has 2 rings (SSSR count). The van der Waals surface area contributed by atoms with Crippen molar-refractivity contribution < 1.29 is 4.74 Å².